The van der Waals surface area contributed by atoms with Gasteiger partial charge < -0.3 is 53.8 Å². The zero-order chi connectivity index (χ0) is 89.6. The van der Waals surface area contributed by atoms with Gasteiger partial charge in [0.25, 0.3) is 0 Å². The Hall–Kier alpha value is -9.72. The van der Waals surface area contributed by atoms with Crippen LogP contribution in [0.15, 0.2) is 77.8 Å². The number of nitrogens with two attached hydrogens (primary N) is 3. The quantitative estimate of drug-likeness (QED) is 0.0134. The maximum absolute atomic E-state index is 13.4. The largest absolute Gasteiger partial charge is 0.481 e. The van der Waals surface area contributed by atoms with E-state index in [1.807, 2.05) is 0 Å². The summed E-state index contributed by atoms with van der Waals surface area (Å²) in [5, 5.41) is 42.0. The molecule has 0 radical (unpaired) electrons. The highest BCUT2D eigenvalue weighted by molar-refractivity contribution is 7.99. The molecule has 1 saturated heterocycles. The maximum Gasteiger partial charge on any atom is 0.305 e. The summed E-state index contributed by atoms with van der Waals surface area (Å²) in [7, 11) is 4.57. The number of carboxylic acids is 3. The van der Waals surface area contributed by atoms with Crippen molar-refractivity contribution in [2.75, 3.05) is 95.7 Å². The summed E-state index contributed by atoms with van der Waals surface area (Å²) in [6.45, 7) is 11.9. The normalized spacial score (nSPS) is 22.9. The number of thiol groups is 1. The minimum atomic E-state index is -1.42. The van der Waals surface area contributed by atoms with E-state index >= 15 is 0 Å². The fourth-order valence-electron chi connectivity index (χ4n) is 11.3. The summed E-state index contributed by atoms with van der Waals surface area (Å²) < 4.78 is 0. The van der Waals surface area contributed by atoms with E-state index in [0.717, 1.165) is 0 Å². The van der Waals surface area contributed by atoms with Gasteiger partial charge in [0, 0.05) is 106 Å². The number of likely N-dealkylation sites (N-methyl/N-ethyl adjacent to an activating group) is 3. The number of guanidine groups is 1. The van der Waals surface area contributed by atoms with Crippen molar-refractivity contribution >= 4 is 147 Å². The third-order valence-electron chi connectivity index (χ3n) is 18.1. The number of aliphatic imine (C=N–C) groups is 1. The van der Waals surface area contributed by atoms with Gasteiger partial charge in [-0.25, -0.2) is 47.6 Å². The van der Waals surface area contributed by atoms with E-state index in [4.69, 9.17) is 22.3 Å². The molecule has 22 N–H and O–H groups in total. The number of ketones is 12. The number of carboxylic acid groups (broad SMARTS) is 3. The molecule has 4 heterocycles. The van der Waals surface area contributed by atoms with Crippen molar-refractivity contribution in [1.82, 2.24) is 85.1 Å². The number of nitrogens with one attached hydrogen (secondary N) is 13. The molecule has 658 valence electrons. The lowest BCUT2D eigenvalue weighted by Gasteiger charge is -2.32. The Kier molecular flexibility index (Phi) is 44.9. The second-order valence-corrected chi connectivity index (χ2v) is 31.4. The standard InChI is InChI=1S/C26H38N8O7S.C25H36N6O7S.C23H31N5O7S.C2H5N/c1-14(2)21-24(40)22(38)16-6-4-5-15(9-16)11-31-32-17(10-20(36)37)23(39)19(35)12-30-25(41)18(34(3)33-21)13-42-8-7-29-26(27)28;1-14(2)21-24(37)22(35)16-6-4-5-15(9-16)11-28-29-17(10-20(33)34)23(36)19(32)12-27-25(38)18(31(3)30-21)13-39-8-7-26;1-12(2)19-22(34)20(32)14-6-4-5-13(7-14)9-25-26-15(8-18(30)31)21(33)17(29)10-24-23(35)16(11-36)28(3)27-19;1-2-3-1/h4-6,9,14,17-18,21,31-33H,7-8,10-13H2,1-3H3,(H,30,41)(H,36,37)(H4,27,28,29);4-6,9,14,17-18,21,28-30H,7-8,10-13,26H2,1-3H3,(H,27,38)(H,33,34);4-7,12,15-16,19,25-27,36H,8-11H2,1-3H3,(H,24,35)(H,30,31);3H,1-2H2/t2*17-,18?,21-;15-,16?,19-;/m000./s1. The predicted molar refractivity (Wildman–Crippen MR) is 446 cm³/mol. The topological polar surface area (TPSA) is 634 Å². The number of carbonyl (C=O) groups is 18. The van der Waals surface area contributed by atoms with Crippen LogP contribution in [0.5, 0.6) is 0 Å². The molecule has 3 amide bonds. The number of Topliss-reactive ketones (excluding diaryl/α,β-unsaturated/α-hetero) is 12. The molecular weight excluding hydrogens is 1630 g/mol. The number of hydrogen-bond donors (Lipinski definition) is 20. The molecular formula is C76H110N20O21S3. The Morgan fingerprint density at radius 2 is 0.750 bits per heavy atom. The van der Waals surface area contributed by atoms with Gasteiger partial charge >= 0.3 is 17.9 Å². The number of hydrogen-bond acceptors (Lipinski definition) is 36. The molecule has 0 spiro atoms. The number of aliphatic carboxylic acids is 3. The molecule has 0 saturated carbocycles. The molecule has 6 bridgehead atoms. The van der Waals surface area contributed by atoms with Gasteiger partial charge in [0.1, 0.15) is 18.1 Å². The Balaban J connectivity index is 0.000000372. The van der Waals surface area contributed by atoms with Crippen molar-refractivity contribution in [3.63, 3.8) is 0 Å². The summed E-state index contributed by atoms with van der Waals surface area (Å²) in [6, 6.07) is 8.90. The average molecular weight is 1740 g/mol. The lowest BCUT2D eigenvalue weighted by atomic mass is 9.94. The van der Waals surface area contributed by atoms with Crippen molar-refractivity contribution in [2.24, 2.45) is 39.9 Å². The van der Waals surface area contributed by atoms with Crippen molar-refractivity contribution in [2.45, 2.75) is 135 Å². The molecule has 44 heteroatoms. The average Bonchev–Trinajstić information content (AvgIpc) is 1.45. The number of hydrazine groups is 6. The van der Waals surface area contributed by atoms with Crippen molar-refractivity contribution in [1.29, 1.82) is 0 Å². The summed E-state index contributed by atoms with van der Waals surface area (Å²) in [6.07, 6.45) is -2.06. The first kappa shape index (κ1) is 103. The van der Waals surface area contributed by atoms with Crippen LogP contribution < -0.4 is 87.3 Å². The van der Waals surface area contributed by atoms with Gasteiger partial charge in [-0.3, -0.25) is 108 Å². The zero-order valence-corrected chi connectivity index (χ0v) is 70.6. The Morgan fingerprint density at radius 1 is 0.458 bits per heavy atom. The highest BCUT2D eigenvalue weighted by atomic mass is 32.2. The van der Waals surface area contributed by atoms with Crippen LogP contribution in [0, 0.1) is 17.8 Å². The van der Waals surface area contributed by atoms with Crippen LogP contribution in [0.3, 0.4) is 0 Å². The van der Waals surface area contributed by atoms with Crippen molar-refractivity contribution in [3.05, 3.63) is 106 Å². The fourth-order valence-corrected chi connectivity index (χ4v) is 13.6. The number of carbonyl (C=O) groups excluding carboxylic acids is 15. The van der Waals surface area contributed by atoms with E-state index in [0.29, 0.717) is 34.7 Å². The molecule has 0 aromatic heterocycles. The van der Waals surface area contributed by atoms with Crippen LogP contribution in [-0.2, 0) is 91.6 Å². The second-order valence-electron chi connectivity index (χ2n) is 28.8. The van der Waals surface area contributed by atoms with E-state index < -0.39 is 198 Å². The molecule has 9 atom stereocenters. The molecule has 0 aliphatic carbocycles. The van der Waals surface area contributed by atoms with Crippen LogP contribution in [0.4, 0.5) is 0 Å². The van der Waals surface area contributed by atoms with Gasteiger partial charge in [0.15, 0.2) is 5.96 Å². The first-order valence-electron chi connectivity index (χ1n) is 38.1. The van der Waals surface area contributed by atoms with E-state index in [2.05, 4.69) is 87.7 Å². The Labute approximate surface area is 707 Å². The minimum Gasteiger partial charge on any atom is -0.481 e. The highest BCUT2D eigenvalue weighted by Crippen LogP contribution is 2.19. The molecule has 4 aliphatic heterocycles. The van der Waals surface area contributed by atoms with Gasteiger partial charge in [-0.1, -0.05) is 96.1 Å². The van der Waals surface area contributed by atoms with E-state index in [1.54, 1.807) is 85.0 Å². The van der Waals surface area contributed by atoms with E-state index in [9.17, 15) is 96.5 Å². The fraction of sp³-hybridized carbons (Fsp3) is 0.513. The second kappa shape index (κ2) is 52.5. The number of nitrogens with zero attached hydrogens (tertiary/aromatic N) is 4. The van der Waals surface area contributed by atoms with E-state index in [-0.39, 0.29) is 83.8 Å². The van der Waals surface area contributed by atoms with Crippen LogP contribution in [-0.4, -0.2) is 291 Å². The molecule has 41 nitrogen and oxygen atoms in total. The van der Waals surface area contributed by atoms with Gasteiger partial charge in [0.05, 0.1) is 81.7 Å². The molecule has 3 aromatic rings. The van der Waals surface area contributed by atoms with Gasteiger partial charge in [-0.15, -0.1) is 0 Å². The van der Waals surface area contributed by atoms with Crippen LogP contribution in [0.1, 0.15) is 109 Å². The predicted octanol–water partition coefficient (Wildman–Crippen LogP) is -4.86. The Bertz CT molecular complexity index is 4190. The van der Waals surface area contributed by atoms with E-state index in [1.165, 1.54) is 102 Å². The minimum absolute atomic E-state index is 0.0143. The summed E-state index contributed by atoms with van der Waals surface area (Å²) in [5.74, 6) is -15.8. The first-order valence-corrected chi connectivity index (χ1v) is 41.0. The summed E-state index contributed by atoms with van der Waals surface area (Å²) >= 11 is 6.88. The molecule has 120 heavy (non-hydrogen) atoms. The number of amides is 3. The third-order valence-corrected chi connectivity index (χ3v) is 20.5. The number of thioether (sulfide) groups is 2. The molecule has 7 rings (SSSR count). The first-order chi connectivity index (χ1) is 56.7. The smallest absolute Gasteiger partial charge is 0.305 e. The zero-order valence-electron chi connectivity index (χ0n) is 68.1. The third kappa shape index (κ3) is 34.8. The summed E-state index contributed by atoms with van der Waals surface area (Å²) in [4.78, 5) is 232. The highest BCUT2D eigenvalue weighted by Gasteiger charge is 2.39. The van der Waals surface area contributed by atoms with Gasteiger partial charge in [0.2, 0.25) is 87.1 Å². The summed E-state index contributed by atoms with van der Waals surface area (Å²) in [5.41, 5.74) is 43.0. The number of fused-ring (bicyclic) bond motifs is 6. The monoisotopic (exact) mass is 1730 g/mol. The molecule has 1 fully saturated rings. The van der Waals surface area contributed by atoms with Gasteiger partial charge in [-0.2, -0.15) is 36.2 Å². The van der Waals surface area contributed by atoms with Crippen molar-refractivity contribution < 1.29 is 102 Å². The lowest BCUT2D eigenvalue weighted by Crippen LogP contribution is -2.59. The number of rotatable bonds is 19. The van der Waals surface area contributed by atoms with Crippen molar-refractivity contribution in [3.8, 4) is 0 Å². The van der Waals surface area contributed by atoms with Crippen LogP contribution in [0.2, 0.25) is 0 Å². The van der Waals surface area contributed by atoms with Crippen LogP contribution >= 0.6 is 36.2 Å². The Morgan fingerprint density at radius 3 is 1.02 bits per heavy atom. The molecule has 3 unspecified atom stereocenters. The van der Waals surface area contributed by atoms with Crippen LogP contribution in [0.25, 0.3) is 0 Å². The lowest BCUT2D eigenvalue weighted by molar-refractivity contribution is -0.143. The number of benzene rings is 3. The molecule has 3 aromatic carbocycles. The molecule has 4 aliphatic rings. The maximum atomic E-state index is 13.4. The SMILES string of the molecule is C1CN1.CC(C)[C@@H]1NN(C)C(CS)C(=O)NCC(=O)C(=O)[C@H](CC(=O)O)NNCc2cccc(c2)C(=O)C1=O.CC(C)[C@@H]1NN(C)C(CSCCN)C(=O)NCC(=O)C(=O)[C@H](CC(=O)O)NNCc2cccc(c2)C(=O)C1=O.CC(C)[C@@H]1NN(C)C(CSCCN=C(N)N)C(=O)NCC(=O)C(=O)[C@H](CC(=O)O)NNCc2cccc(c2)C(=O)C1=O. The van der Waals surface area contributed by atoms with Gasteiger partial charge in [-0.05, 0) is 52.6 Å².